The molecule has 1 aromatic heterocycles. The van der Waals surface area contributed by atoms with Gasteiger partial charge in [0.15, 0.2) is 0 Å². The van der Waals surface area contributed by atoms with Gasteiger partial charge in [0, 0.05) is 36.6 Å². The largest absolute Gasteiger partial charge is 0.359 e. The maximum absolute atomic E-state index is 12.1. The van der Waals surface area contributed by atoms with E-state index in [1.165, 1.54) is 0 Å². The summed E-state index contributed by atoms with van der Waals surface area (Å²) in [7, 11) is 1.58. The number of H-pyrrole nitrogens is 1. The molecule has 2 aromatic rings. The van der Waals surface area contributed by atoms with E-state index in [0.29, 0.717) is 12.1 Å². The maximum atomic E-state index is 12.1. The number of aromatic nitrogens is 1. The first-order valence-corrected chi connectivity index (χ1v) is 6.19. The highest BCUT2D eigenvalue weighted by Crippen LogP contribution is 2.21. The number of aryl methyl sites for hydroxylation is 1. The van der Waals surface area contributed by atoms with E-state index in [4.69, 9.17) is 0 Å². The average molecular weight is 259 g/mol. The van der Waals surface area contributed by atoms with Crippen molar-refractivity contribution in [1.82, 2.24) is 15.6 Å². The molecule has 0 unspecified atom stereocenters. The first kappa shape index (κ1) is 13.1. The predicted molar refractivity (Wildman–Crippen MR) is 74.1 cm³/mol. The van der Waals surface area contributed by atoms with Gasteiger partial charge in [-0.05, 0) is 13.0 Å². The fourth-order valence-corrected chi connectivity index (χ4v) is 2.07. The quantitative estimate of drug-likeness (QED) is 0.775. The van der Waals surface area contributed by atoms with Crippen molar-refractivity contribution in [3.8, 4) is 0 Å². The molecule has 1 heterocycles. The maximum Gasteiger partial charge on any atom is 0.253 e. The minimum Gasteiger partial charge on any atom is -0.359 e. The third kappa shape index (κ3) is 2.76. The van der Waals surface area contributed by atoms with Crippen LogP contribution in [0, 0.1) is 6.92 Å². The van der Waals surface area contributed by atoms with Gasteiger partial charge in [-0.15, -0.1) is 0 Å². The Labute approximate surface area is 111 Å². The van der Waals surface area contributed by atoms with Crippen LogP contribution in [-0.4, -0.2) is 30.4 Å². The van der Waals surface area contributed by atoms with Crippen LogP contribution in [0.4, 0.5) is 0 Å². The number of carbonyl (C=O) groups excluding carboxylic acids is 2. The molecule has 0 saturated heterocycles. The van der Waals surface area contributed by atoms with E-state index in [1.54, 1.807) is 7.05 Å². The monoisotopic (exact) mass is 259 g/mol. The van der Waals surface area contributed by atoms with Crippen molar-refractivity contribution in [3.63, 3.8) is 0 Å². The van der Waals surface area contributed by atoms with Gasteiger partial charge in [-0.25, -0.2) is 0 Å². The number of hydrogen-bond acceptors (Lipinski definition) is 2. The van der Waals surface area contributed by atoms with E-state index in [1.807, 2.05) is 31.2 Å². The summed E-state index contributed by atoms with van der Waals surface area (Å²) < 4.78 is 0. The van der Waals surface area contributed by atoms with Crippen molar-refractivity contribution in [3.05, 3.63) is 35.5 Å². The fourth-order valence-electron chi connectivity index (χ4n) is 2.07. The molecule has 0 bridgehead atoms. The summed E-state index contributed by atoms with van der Waals surface area (Å²) in [5.74, 6) is -0.241. The van der Waals surface area contributed by atoms with Crippen molar-refractivity contribution >= 4 is 22.7 Å². The lowest BCUT2D eigenvalue weighted by Gasteiger charge is -2.04. The summed E-state index contributed by atoms with van der Waals surface area (Å²) in [5.41, 5.74) is 2.42. The normalized spacial score (nSPS) is 10.4. The van der Waals surface area contributed by atoms with Gasteiger partial charge in [-0.1, -0.05) is 18.2 Å². The Bertz CT molecular complexity index is 616. The second kappa shape index (κ2) is 5.56. The van der Waals surface area contributed by atoms with Crippen LogP contribution in [0.15, 0.2) is 24.3 Å². The molecule has 0 saturated carbocycles. The van der Waals surface area contributed by atoms with Gasteiger partial charge in [0.1, 0.15) is 0 Å². The molecular weight excluding hydrogens is 242 g/mol. The number of aromatic amines is 1. The summed E-state index contributed by atoms with van der Waals surface area (Å²) in [6, 6.07) is 7.67. The third-order valence-electron chi connectivity index (χ3n) is 3.04. The van der Waals surface area contributed by atoms with E-state index in [0.717, 1.165) is 16.6 Å². The highest BCUT2D eigenvalue weighted by Gasteiger charge is 2.15. The molecule has 19 heavy (non-hydrogen) atoms. The molecule has 0 spiro atoms. The summed E-state index contributed by atoms with van der Waals surface area (Å²) >= 11 is 0. The van der Waals surface area contributed by atoms with E-state index in [2.05, 4.69) is 15.6 Å². The Morgan fingerprint density at radius 1 is 1.26 bits per heavy atom. The molecule has 0 atom stereocenters. The first-order valence-electron chi connectivity index (χ1n) is 6.19. The summed E-state index contributed by atoms with van der Waals surface area (Å²) in [6.07, 6.45) is 0.281. The van der Waals surface area contributed by atoms with E-state index >= 15 is 0 Å². The highest BCUT2D eigenvalue weighted by molar-refractivity contribution is 6.08. The minimum atomic E-state index is -0.154. The Kier molecular flexibility index (Phi) is 3.85. The van der Waals surface area contributed by atoms with Gasteiger partial charge < -0.3 is 15.6 Å². The number of rotatable bonds is 4. The molecule has 100 valence electrons. The van der Waals surface area contributed by atoms with E-state index in [-0.39, 0.29) is 18.2 Å². The van der Waals surface area contributed by atoms with Gasteiger partial charge in [-0.3, -0.25) is 9.59 Å². The number of amides is 2. The number of nitrogens with one attached hydrogen (secondary N) is 3. The lowest BCUT2D eigenvalue weighted by atomic mass is 10.1. The number of carbonyl (C=O) groups is 2. The van der Waals surface area contributed by atoms with Crippen LogP contribution in [0.2, 0.25) is 0 Å². The zero-order valence-electron chi connectivity index (χ0n) is 11.0. The SMILES string of the molecule is CNC(=O)CCNC(=O)c1c(C)[nH]c2ccccc12. The smallest absolute Gasteiger partial charge is 0.253 e. The van der Waals surface area contributed by atoms with E-state index < -0.39 is 0 Å². The third-order valence-corrected chi connectivity index (χ3v) is 3.04. The zero-order chi connectivity index (χ0) is 13.8. The molecule has 2 rings (SSSR count). The minimum absolute atomic E-state index is 0.0871. The predicted octanol–water partition coefficient (Wildman–Crippen LogP) is 1.34. The molecule has 0 aliphatic carbocycles. The molecule has 5 nitrogen and oxygen atoms in total. The van der Waals surface area contributed by atoms with Crippen LogP contribution >= 0.6 is 0 Å². The van der Waals surface area contributed by atoms with E-state index in [9.17, 15) is 9.59 Å². The van der Waals surface area contributed by atoms with Crippen LogP contribution in [-0.2, 0) is 4.79 Å². The Morgan fingerprint density at radius 2 is 2.00 bits per heavy atom. The molecule has 5 heteroatoms. The lowest BCUT2D eigenvalue weighted by molar-refractivity contribution is -0.120. The van der Waals surface area contributed by atoms with Crippen molar-refractivity contribution in [2.45, 2.75) is 13.3 Å². The van der Waals surface area contributed by atoms with Crippen molar-refractivity contribution < 1.29 is 9.59 Å². The molecule has 0 fully saturated rings. The van der Waals surface area contributed by atoms with Gasteiger partial charge >= 0.3 is 0 Å². The van der Waals surface area contributed by atoms with Gasteiger partial charge in [-0.2, -0.15) is 0 Å². The average Bonchev–Trinajstić information content (AvgIpc) is 2.74. The molecule has 0 aliphatic heterocycles. The number of fused-ring (bicyclic) bond motifs is 1. The molecule has 2 amide bonds. The summed E-state index contributed by atoms with van der Waals surface area (Å²) in [6.45, 7) is 2.20. The topological polar surface area (TPSA) is 74.0 Å². The zero-order valence-corrected chi connectivity index (χ0v) is 11.0. The van der Waals surface area contributed by atoms with Crippen LogP contribution in [0.1, 0.15) is 22.5 Å². The fraction of sp³-hybridized carbons (Fsp3) is 0.286. The summed E-state index contributed by atoms with van der Waals surface area (Å²) in [4.78, 5) is 26.4. The first-order chi connectivity index (χ1) is 9.13. The van der Waals surface area contributed by atoms with Crippen molar-refractivity contribution in [2.75, 3.05) is 13.6 Å². The Balaban J connectivity index is 2.13. The van der Waals surface area contributed by atoms with Crippen LogP contribution in [0.3, 0.4) is 0 Å². The summed E-state index contributed by atoms with van der Waals surface area (Å²) in [5, 5.41) is 6.18. The number of para-hydroxylation sites is 1. The van der Waals surface area contributed by atoms with Gasteiger partial charge in [0.25, 0.3) is 5.91 Å². The molecule has 1 aromatic carbocycles. The standard InChI is InChI=1S/C14H17N3O2/c1-9-13(10-5-3-4-6-11(10)17-9)14(19)16-8-7-12(18)15-2/h3-6,17H,7-8H2,1-2H3,(H,15,18)(H,16,19). The highest BCUT2D eigenvalue weighted by atomic mass is 16.2. The van der Waals surface area contributed by atoms with Gasteiger partial charge in [0.2, 0.25) is 5.91 Å². The second-order valence-corrected chi connectivity index (χ2v) is 4.35. The Morgan fingerprint density at radius 3 is 2.74 bits per heavy atom. The second-order valence-electron chi connectivity index (χ2n) is 4.35. The molecule has 3 N–H and O–H groups in total. The number of hydrogen-bond donors (Lipinski definition) is 3. The lowest BCUT2D eigenvalue weighted by Crippen LogP contribution is -2.29. The molecular formula is C14H17N3O2. The Hall–Kier alpha value is -2.30. The van der Waals surface area contributed by atoms with Crippen LogP contribution in [0.25, 0.3) is 10.9 Å². The van der Waals surface area contributed by atoms with Crippen LogP contribution in [0.5, 0.6) is 0 Å². The van der Waals surface area contributed by atoms with Crippen LogP contribution < -0.4 is 10.6 Å². The number of benzene rings is 1. The van der Waals surface area contributed by atoms with Gasteiger partial charge in [0.05, 0.1) is 5.56 Å². The van der Waals surface area contributed by atoms with Crippen molar-refractivity contribution in [1.29, 1.82) is 0 Å². The van der Waals surface area contributed by atoms with Crippen molar-refractivity contribution in [2.24, 2.45) is 0 Å². The molecule has 0 radical (unpaired) electrons. The molecule has 0 aliphatic rings.